The minimum absolute atomic E-state index is 0.111. The van der Waals surface area contributed by atoms with Crippen LogP contribution < -0.4 is 0 Å². The summed E-state index contributed by atoms with van der Waals surface area (Å²) in [4.78, 5) is 13.4. The molecule has 4 nitrogen and oxygen atoms in total. The molecular weight excluding hydrogens is 348 g/mol. The van der Waals surface area contributed by atoms with E-state index >= 15 is 0 Å². The molecule has 0 aromatic carbocycles. The standard InChI is InChI=1S/C19H41O4Si2/c1-11-16(6)25(14-15(4)5,17(7)12-2)23-18(20)19(8,13-3)24(21-9)22-10/h15-17H,11-14H2,1-10H3. The van der Waals surface area contributed by atoms with Gasteiger partial charge in [-0.05, 0) is 36.4 Å². The van der Waals surface area contributed by atoms with E-state index in [-0.39, 0.29) is 5.97 Å². The molecule has 0 aliphatic heterocycles. The van der Waals surface area contributed by atoms with Crippen molar-refractivity contribution in [2.24, 2.45) is 5.92 Å². The van der Waals surface area contributed by atoms with Crippen LogP contribution in [0.15, 0.2) is 0 Å². The van der Waals surface area contributed by atoms with Crippen LogP contribution in [0.3, 0.4) is 0 Å². The largest absolute Gasteiger partial charge is 0.518 e. The quantitative estimate of drug-likeness (QED) is 0.403. The first-order chi connectivity index (χ1) is 11.6. The highest BCUT2D eigenvalue weighted by Gasteiger charge is 2.53. The van der Waals surface area contributed by atoms with Crippen molar-refractivity contribution in [1.29, 1.82) is 0 Å². The number of hydrogen-bond acceptors (Lipinski definition) is 4. The van der Waals surface area contributed by atoms with Crippen molar-refractivity contribution in [2.75, 3.05) is 14.2 Å². The Labute approximate surface area is 159 Å². The van der Waals surface area contributed by atoms with Gasteiger partial charge in [0.2, 0.25) is 0 Å². The zero-order valence-electron chi connectivity index (χ0n) is 18.2. The Morgan fingerprint density at radius 2 is 1.44 bits per heavy atom. The molecule has 0 aromatic rings. The minimum atomic E-state index is -2.27. The molecule has 0 fully saturated rings. The van der Waals surface area contributed by atoms with E-state index in [2.05, 4.69) is 41.5 Å². The summed E-state index contributed by atoms with van der Waals surface area (Å²) in [7, 11) is -0.744. The van der Waals surface area contributed by atoms with E-state index in [0.29, 0.717) is 23.4 Å². The van der Waals surface area contributed by atoms with Crippen molar-refractivity contribution in [1.82, 2.24) is 0 Å². The third-order valence-electron chi connectivity index (χ3n) is 5.88. The van der Waals surface area contributed by atoms with Gasteiger partial charge in [-0.15, -0.1) is 0 Å². The fraction of sp³-hybridized carbons (Fsp3) is 0.947. The molecule has 149 valence electrons. The van der Waals surface area contributed by atoms with E-state index in [1.165, 1.54) is 0 Å². The first-order valence-corrected chi connectivity index (χ1v) is 13.4. The lowest BCUT2D eigenvalue weighted by Crippen LogP contribution is -2.52. The van der Waals surface area contributed by atoms with Crippen molar-refractivity contribution >= 4 is 23.6 Å². The molecule has 0 spiro atoms. The molecular formula is C19H41O4Si2. The minimum Gasteiger partial charge on any atom is -0.518 e. The second-order valence-electron chi connectivity index (χ2n) is 7.94. The Bertz CT molecular complexity index is 389. The topological polar surface area (TPSA) is 44.8 Å². The maximum absolute atomic E-state index is 13.4. The molecule has 6 heteroatoms. The number of rotatable bonds is 12. The molecule has 0 aliphatic rings. The van der Waals surface area contributed by atoms with E-state index in [9.17, 15) is 4.79 Å². The second kappa shape index (κ2) is 10.8. The molecule has 3 unspecified atom stereocenters. The van der Waals surface area contributed by atoms with Crippen LogP contribution in [-0.2, 0) is 18.1 Å². The summed E-state index contributed by atoms with van der Waals surface area (Å²) < 4.78 is 17.6. The van der Waals surface area contributed by atoms with E-state index in [1.807, 2.05) is 13.8 Å². The highest BCUT2D eigenvalue weighted by Crippen LogP contribution is 2.46. The first-order valence-electron chi connectivity index (χ1n) is 9.78. The van der Waals surface area contributed by atoms with Crippen LogP contribution >= 0.6 is 0 Å². The summed E-state index contributed by atoms with van der Waals surface area (Å²) >= 11 is 0. The lowest BCUT2D eigenvalue weighted by atomic mass is 10.1. The summed E-state index contributed by atoms with van der Waals surface area (Å²) in [6, 6.07) is 1.02. The fourth-order valence-electron chi connectivity index (χ4n) is 3.65. The van der Waals surface area contributed by atoms with Crippen LogP contribution in [-0.4, -0.2) is 37.8 Å². The monoisotopic (exact) mass is 389 g/mol. The lowest BCUT2D eigenvalue weighted by molar-refractivity contribution is -0.139. The number of carbonyl (C=O) groups is 1. The Morgan fingerprint density at radius 3 is 1.72 bits per heavy atom. The van der Waals surface area contributed by atoms with Crippen LogP contribution in [0, 0.1) is 5.92 Å². The van der Waals surface area contributed by atoms with Crippen molar-refractivity contribution in [2.45, 2.75) is 96.8 Å². The van der Waals surface area contributed by atoms with Crippen molar-refractivity contribution in [3.63, 3.8) is 0 Å². The Kier molecular flexibility index (Phi) is 10.8. The average molecular weight is 390 g/mol. The van der Waals surface area contributed by atoms with Gasteiger partial charge in [-0.25, -0.2) is 0 Å². The molecule has 0 saturated carbocycles. The fourth-order valence-corrected chi connectivity index (χ4v) is 10.8. The van der Waals surface area contributed by atoms with Gasteiger partial charge in [0, 0.05) is 14.2 Å². The molecule has 1 radical (unpaired) electrons. The molecule has 0 bridgehead atoms. The Hall–Kier alpha value is -0.176. The predicted octanol–water partition coefficient (Wildman–Crippen LogP) is 5.68. The Morgan fingerprint density at radius 1 is 1.00 bits per heavy atom. The van der Waals surface area contributed by atoms with Gasteiger partial charge < -0.3 is 13.3 Å². The molecule has 3 atom stereocenters. The van der Waals surface area contributed by atoms with Crippen molar-refractivity contribution in [3.8, 4) is 0 Å². The lowest BCUT2D eigenvalue weighted by Gasteiger charge is -2.44. The van der Waals surface area contributed by atoms with E-state index in [4.69, 9.17) is 13.3 Å². The predicted molar refractivity (Wildman–Crippen MR) is 109 cm³/mol. The summed E-state index contributed by atoms with van der Waals surface area (Å²) in [5.41, 5.74) is 0.881. The molecule has 0 aromatic heterocycles. The zero-order chi connectivity index (χ0) is 19.8. The summed E-state index contributed by atoms with van der Waals surface area (Å²) in [6.45, 7) is 17.4. The van der Waals surface area contributed by atoms with E-state index in [0.717, 1.165) is 18.9 Å². The van der Waals surface area contributed by atoms with Crippen LogP contribution in [0.25, 0.3) is 0 Å². The van der Waals surface area contributed by atoms with E-state index < -0.39 is 22.6 Å². The number of hydrogen-bond donors (Lipinski definition) is 0. The summed E-state index contributed by atoms with van der Waals surface area (Å²) in [5.74, 6) is 0.408. The van der Waals surface area contributed by atoms with Crippen LogP contribution in [0.2, 0.25) is 22.2 Å². The molecule has 25 heavy (non-hydrogen) atoms. The SMILES string of the molecule is CCC(C)[Si](CC(C)C)(OC(=O)C(C)(CC)[Si](OC)OC)C(C)CC. The molecule has 0 rings (SSSR count). The third kappa shape index (κ3) is 5.65. The highest BCUT2D eigenvalue weighted by atomic mass is 28.4. The average Bonchev–Trinajstić information content (AvgIpc) is 2.59. The maximum Gasteiger partial charge on any atom is 0.402 e. The van der Waals surface area contributed by atoms with E-state index in [1.54, 1.807) is 14.2 Å². The second-order valence-corrected chi connectivity index (χ2v) is 14.9. The van der Waals surface area contributed by atoms with Crippen molar-refractivity contribution < 1.29 is 18.1 Å². The van der Waals surface area contributed by atoms with Crippen LogP contribution in [0.5, 0.6) is 0 Å². The van der Waals surface area contributed by atoms with Gasteiger partial charge in [0.1, 0.15) is 5.04 Å². The van der Waals surface area contributed by atoms with Gasteiger partial charge in [0.15, 0.2) is 0 Å². The summed E-state index contributed by atoms with van der Waals surface area (Å²) in [5, 5.41) is -0.690. The summed E-state index contributed by atoms with van der Waals surface area (Å²) in [6.07, 6.45) is 2.76. The van der Waals surface area contributed by atoms with Gasteiger partial charge >= 0.3 is 9.28 Å². The first kappa shape index (κ1) is 24.8. The highest BCUT2D eigenvalue weighted by molar-refractivity contribution is 6.78. The van der Waals surface area contributed by atoms with Crippen LogP contribution in [0.4, 0.5) is 0 Å². The molecule has 0 N–H and O–H groups in total. The molecule has 0 amide bonds. The Balaban J connectivity index is 5.93. The van der Waals surface area contributed by atoms with Crippen LogP contribution in [0.1, 0.15) is 74.7 Å². The number of carbonyl (C=O) groups excluding carboxylic acids is 1. The molecule has 0 aliphatic carbocycles. The van der Waals surface area contributed by atoms with Gasteiger partial charge in [-0.2, -0.15) is 0 Å². The van der Waals surface area contributed by atoms with Gasteiger partial charge in [-0.1, -0.05) is 61.3 Å². The van der Waals surface area contributed by atoms with Crippen molar-refractivity contribution in [3.05, 3.63) is 0 Å². The van der Waals surface area contributed by atoms with Gasteiger partial charge in [-0.3, -0.25) is 4.79 Å². The maximum atomic E-state index is 13.4. The molecule has 0 heterocycles. The van der Waals surface area contributed by atoms with Gasteiger partial charge in [0.25, 0.3) is 14.3 Å². The third-order valence-corrected chi connectivity index (χ3v) is 14.3. The van der Waals surface area contributed by atoms with Gasteiger partial charge in [0.05, 0.1) is 0 Å². The zero-order valence-corrected chi connectivity index (χ0v) is 20.2. The molecule has 0 saturated heterocycles. The smallest absolute Gasteiger partial charge is 0.402 e. The normalized spacial score (nSPS) is 19.4.